The van der Waals surface area contributed by atoms with Crippen LogP contribution in [-0.4, -0.2) is 10.7 Å². The van der Waals surface area contributed by atoms with Crippen molar-refractivity contribution >= 4 is 22.5 Å². The first-order valence-electron chi connectivity index (χ1n) is 6.60. The topological polar surface area (TPSA) is 4.93 Å². The van der Waals surface area contributed by atoms with Crippen molar-refractivity contribution < 1.29 is 13.2 Å². The quantitative estimate of drug-likeness (QED) is 0.708. The summed E-state index contributed by atoms with van der Waals surface area (Å²) in [6, 6.07) is 5.04. The third-order valence-electron chi connectivity index (χ3n) is 3.27. The van der Waals surface area contributed by atoms with Crippen LogP contribution in [0.5, 0.6) is 0 Å². The molecule has 0 aliphatic heterocycles. The first-order valence-corrected chi connectivity index (χ1v) is 6.98. The number of aryl methyl sites for hydroxylation is 1. The lowest BCUT2D eigenvalue weighted by Gasteiger charge is -2.07. The normalized spacial score (nSPS) is 12.6. The smallest absolute Gasteiger partial charge is 0.347 e. The number of alkyl halides is 3. The molecule has 1 aromatic carbocycles. The Morgan fingerprint density at radius 2 is 1.95 bits per heavy atom. The molecule has 5 heteroatoms. The molecule has 0 spiro atoms. The van der Waals surface area contributed by atoms with Crippen molar-refractivity contribution in [2.45, 2.75) is 39.4 Å². The molecule has 0 bridgehead atoms. The van der Waals surface area contributed by atoms with Crippen LogP contribution in [0.2, 0.25) is 5.02 Å². The fourth-order valence-electron chi connectivity index (χ4n) is 2.28. The Balaban J connectivity index is 2.43. The van der Waals surface area contributed by atoms with Gasteiger partial charge in [-0.05, 0) is 30.0 Å². The minimum absolute atomic E-state index is 0.313. The summed E-state index contributed by atoms with van der Waals surface area (Å²) in [4.78, 5) is 0. The number of fused-ring (bicyclic) bond motifs is 1. The monoisotopic (exact) mass is 303 g/mol. The molecule has 0 unspecified atom stereocenters. The second-order valence-electron chi connectivity index (χ2n) is 5.48. The minimum atomic E-state index is -4.20. The van der Waals surface area contributed by atoms with Crippen LogP contribution in [-0.2, 0) is 13.0 Å². The Morgan fingerprint density at radius 3 is 2.55 bits per heavy atom. The van der Waals surface area contributed by atoms with Crippen LogP contribution in [0.25, 0.3) is 10.9 Å². The van der Waals surface area contributed by atoms with E-state index in [-0.39, 0.29) is 0 Å². The van der Waals surface area contributed by atoms with Crippen molar-refractivity contribution in [3.05, 3.63) is 35.0 Å². The Morgan fingerprint density at radius 1 is 1.25 bits per heavy atom. The van der Waals surface area contributed by atoms with E-state index in [1.807, 2.05) is 4.57 Å². The summed E-state index contributed by atoms with van der Waals surface area (Å²) in [6.07, 6.45) is -2.57. The number of rotatable bonds is 4. The number of hydrogen-bond acceptors (Lipinski definition) is 0. The Hall–Kier alpha value is -1.16. The highest BCUT2D eigenvalue weighted by molar-refractivity contribution is 6.31. The van der Waals surface area contributed by atoms with Gasteiger partial charge in [0.05, 0.1) is 6.42 Å². The van der Waals surface area contributed by atoms with E-state index in [1.165, 1.54) is 0 Å². The van der Waals surface area contributed by atoms with E-state index >= 15 is 0 Å². The maximum absolute atomic E-state index is 12.6. The standard InChI is InChI=1S/C15H17ClF3N/c1-10(2)5-6-20-9-11(8-15(17,18)19)13-4-3-12(16)7-14(13)20/h3-4,7,9-10H,5-6,8H2,1-2H3. The first kappa shape index (κ1) is 15.2. The second kappa shape index (κ2) is 5.68. The zero-order valence-electron chi connectivity index (χ0n) is 11.5. The van der Waals surface area contributed by atoms with Gasteiger partial charge in [0.1, 0.15) is 0 Å². The lowest BCUT2D eigenvalue weighted by molar-refractivity contribution is -0.127. The molecule has 1 aromatic heterocycles. The highest BCUT2D eigenvalue weighted by Gasteiger charge is 2.29. The number of halogens is 4. The lowest BCUT2D eigenvalue weighted by Crippen LogP contribution is -2.11. The first-order chi connectivity index (χ1) is 9.26. The van der Waals surface area contributed by atoms with Crippen molar-refractivity contribution in [3.63, 3.8) is 0 Å². The maximum atomic E-state index is 12.6. The fourth-order valence-corrected chi connectivity index (χ4v) is 2.45. The van der Waals surface area contributed by atoms with E-state index in [2.05, 4.69) is 13.8 Å². The van der Waals surface area contributed by atoms with Crippen molar-refractivity contribution in [2.75, 3.05) is 0 Å². The molecule has 0 fully saturated rings. The Kier molecular flexibility index (Phi) is 4.33. The minimum Gasteiger partial charge on any atom is -0.347 e. The van der Waals surface area contributed by atoms with E-state index in [0.29, 0.717) is 28.4 Å². The number of nitrogens with zero attached hydrogens (tertiary/aromatic N) is 1. The van der Waals surface area contributed by atoms with Gasteiger partial charge in [0.2, 0.25) is 0 Å². The fraction of sp³-hybridized carbons (Fsp3) is 0.467. The Labute approximate surface area is 121 Å². The highest BCUT2D eigenvalue weighted by Crippen LogP contribution is 2.30. The summed E-state index contributed by atoms with van der Waals surface area (Å²) < 4.78 is 39.8. The van der Waals surface area contributed by atoms with Gasteiger partial charge >= 0.3 is 6.18 Å². The molecule has 0 aliphatic carbocycles. The van der Waals surface area contributed by atoms with E-state index in [9.17, 15) is 13.2 Å². The van der Waals surface area contributed by atoms with Crippen LogP contribution in [0.3, 0.4) is 0 Å². The summed E-state index contributed by atoms with van der Waals surface area (Å²) in [5.74, 6) is 0.498. The number of benzene rings is 1. The van der Waals surface area contributed by atoms with Gasteiger partial charge in [0.15, 0.2) is 0 Å². The third-order valence-corrected chi connectivity index (χ3v) is 3.50. The van der Waals surface area contributed by atoms with Gasteiger partial charge in [0.25, 0.3) is 0 Å². The highest BCUT2D eigenvalue weighted by atomic mass is 35.5. The van der Waals surface area contributed by atoms with Crippen molar-refractivity contribution in [2.24, 2.45) is 5.92 Å². The van der Waals surface area contributed by atoms with E-state index < -0.39 is 12.6 Å². The molecule has 2 rings (SSSR count). The van der Waals surface area contributed by atoms with Gasteiger partial charge < -0.3 is 4.57 Å². The molecule has 0 amide bonds. The summed E-state index contributed by atoms with van der Waals surface area (Å²) in [5, 5.41) is 1.18. The molecule has 0 saturated heterocycles. The molecular weight excluding hydrogens is 287 g/mol. The molecule has 2 aromatic rings. The van der Waals surface area contributed by atoms with Crippen LogP contribution in [0, 0.1) is 5.92 Å². The molecule has 1 heterocycles. The summed E-state index contributed by atoms with van der Waals surface area (Å²) in [5.41, 5.74) is 1.09. The largest absolute Gasteiger partial charge is 0.393 e. The van der Waals surface area contributed by atoms with Crippen molar-refractivity contribution in [3.8, 4) is 0 Å². The van der Waals surface area contributed by atoms with Gasteiger partial charge in [-0.15, -0.1) is 0 Å². The lowest BCUT2D eigenvalue weighted by atomic mass is 10.1. The van der Waals surface area contributed by atoms with Gasteiger partial charge in [-0.1, -0.05) is 31.5 Å². The molecule has 0 radical (unpaired) electrons. The molecule has 0 aliphatic rings. The SMILES string of the molecule is CC(C)CCn1cc(CC(F)(F)F)c2ccc(Cl)cc21. The van der Waals surface area contributed by atoms with Crippen LogP contribution in [0.1, 0.15) is 25.8 Å². The van der Waals surface area contributed by atoms with Crippen molar-refractivity contribution in [1.82, 2.24) is 4.57 Å². The second-order valence-corrected chi connectivity index (χ2v) is 5.92. The van der Waals surface area contributed by atoms with Crippen molar-refractivity contribution in [1.29, 1.82) is 0 Å². The summed E-state index contributed by atoms with van der Waals surface area (Å²) >= 11 is 5.96. The van der Waals surface area contributed by atoms with Crippen LogP contribution in [0.15, 0.2) is 24.4 Å². The average molecular weight is 304 g/mol. The molecular formula is C15H17ClF3N. The molecule has 1 nitrogen and oxygen atoms in total. The van der Waals surface area contributed by atoms with E-state index in [1.54, 1.807) is 24.4 Å². The zero-order valence-corrected chi connectivity index (χ0v) is 12.2. The summed E-state index contributed by atoms with van der Waals surface area (Å²) in [6.45, 7) is 4.89. The number of hydrogen-bond donors (Lipinski definition) is 0. The van der Waals surface area contributed by atoms with Crippen LogP contribution in [0.4, 0.5) is 13.2 Å². The molecule has 0 N–H and O–H groups in total. The molecule has 20 heavy (non-hydrogen) atoms. The van der Waals surface area contributed by atoms with Gasteiger partial charge in [-0.2, -0.15) is 13.2 Å². The average Bonchev–Trinajstić information content (AvgIpc) is 2.62. The molecule has 0 saturated carbocycles. The number of aromatic nitrogens is 1. The van der Waals surface area contributed by atoms with Gasteiger partial charge in [-0.25, -0.2) is 0 Å². The molecule has 0 atom stereocenters. The summed E-state index contributed by atoms with van der Waals surface area (Å²) in [7, 11) is 0. The van der Waals surface area contributed by atoms with E-state index in [0.717, 1.165) is 11.9 Å². The maximum Gasteiger partial charge on any atom is 0.393 e. The van der Waals surface area contributed by atoms with Crippen LogP contribution >= 0.6 is 11.6 Å². The third kappa shape index (κ3) is 3.69. The van der Waals surface area contributed by atoms with Crippen LogP contribution < -0.4 is 0 Å². The molecule has 110 valence electrons. The Bertz CT molecular complexity index is 599. The van der Waals surface area contributed by atoms with Gasteiger partial charge in [0, 0.05) is 28.7 Å². The van der Waals surface area contributed by atoms with Gasteiger partial charge in [-0.3, -0.25) is 0 Å². The van der Waals surface area contributed by atoms with E-state index in [4.69, 9.17) is 11.6 Å². The predicted octanol–water partition coefficient (Wildman–Crippen LogP) is 5.45. The predicted molar refractivity (Wildman–Crippen MR) is 76.2 cm³/mol. The zero-order chi connectivity index (χ0) is 14.9.